The molecule has 132 valence electrons. The van der Waals surface area contributed by atoms with Crippen LogP contribution in [0.4, 0.5) is 0 Å². The van der Waals surface area contributed by atoms with Crippen LogP contribution in [0.5, 0.6) is 11.5 Å². The summed E-state index contributed by atoms with van der Waals surface area (Å²) in [5.74, 6) is 1.57. The first kappa shape index (κ1) is 17.8. The third kappa shape index (κ3) is 3.80. The van der Waals surface area contributed by atoms with E-state index in [1.54, 1.807) is 7.11 Å². The van der Waals surface area contributed by atoms with Crippen molar-refractivity contribution < 1.29 is 19.2 Å². The SMILES string of the molecule is CCCOc1cc(-c2cccc([C@@H]3COB(O)[C@@H]3C)n2)ccc1OC. The number of methoxy groups -OCH3 is 1. The van der Waals surface area contributed by atoms with E-state index >= 15 is 0 Å². The zero-order chi connectivity index (χ0) is 17.8. The van der Waals surface area contributed by atoms with Gasteiger partial charge >= 0.3 is 7.12 Å². The maximum Gasteiger partial charge on any atom is 0.457 e. The molecular formula is C19H24BNO4. The molecule has 0 aliphatic carbocycles. The Labute approximate surface area is 149 Å². The van der Waals surface area contributed by atoms with Gasteiger partial charge in [0.05, 0.1) is 19.4 Å². The molecule has 0 saturated carbocycles. The molecule has 6 heteroatoms. The van der Waals surface area contributed by atoms with Gasteiger partial charge in [0.2, 0.25) is 0 Å². The maximum absolute atomic E-state index is 9.81. The minimum atomic E-state index is -0.717. The number of pyridine rings is 1. The summed E-state index contributed by atoms with van der Waals surface area (Å²) in [5, 5.41) is 9.81. The van der Waals surface area contributed by atoms with Crippen LogP contribution in [-0.4, -0.2) is 37.4 Å². The molecule has 1 N–H and O–H groups in total. The highest BCUT2D eigenvalue weighted by Gasteiger charge is 2.39. The lowest BCUT2D eigenvalue weighted by atomic mass is 9.69. The van der Waals surface area contributed by atoms with E-state index in [-0.39, 0.29) is 11.7 Å². The lowest BCUT2D eigenvalue weighted by Gasteiger charge is -2.15. The van der Waals surface area contributed by atoms with Gasteiger partial charge < -0.3 is 19.2 Å². The van der Waals surface area contributed by atoms with Crippen LogP contribution < -0.4 is 9.47 Å². The van der Waals surface area contributed by atoms with Crippen molar-refractivity contribution in [2.24, 2.45) is 0 Å². The highest BCUT2D eigenvalue weighted by Crippen LogP contribution is 2.37. The van der Waals surface area contributed by atoms with Gasteiger partial charge in [-0.3, -0.25) is 4.98 Å². The Bertz CT molecular complexity index is 724. The molecule has 1 aromatic heterocycles. The van der Waals surface area contributed by atoms with Crippen LogP contribution in [0.1, 0.15) is 31.9 Å². The molecule has 0 spiro atoms. The molecule has 1 fully saturated rings. The van der Waals surface area contributed by atoms with Crippen molar-refractivity contribution in [3.63, 3.8) is 0 Å². The molecule has 1 aromatic carbocycles. The van der Waals surface area contributed by atoms with E-state index in [0.29, 0.717) is 19.0 Å². The molecule has 1 saturated heterocycles. The number of nitrogens with zero attached hydrogens (tertiary/aromatic N) is 1. The molecule has 0 amide bonds. The zero-order valence-corrected chi connectivity index (χ0v) is 14.9. The maximum atomic E-state index is 9.81. The Morgan fingerprint density at radius 2 is 2.12 bits per heavy atom. The quantitative estimate of drug-likeness (QED) is 0.815. The van der Waals surface area contributed by atoms with E-state index in [4.69, 9.17) is 19.1 Å². The molecule has 2 aromatic rings. The molecule has 1 aliphatic rings. The van der Waals surface area contributed by atoms with Crippen LogP contribution in [0.3, 0.4) is 0 Å². The third-order valence-electron chi connectivity index (χ3n) is 4.60. The summed E-state index contributed by atoms with van der Waals surface area (Å²) in [4.78, 5) is 4.80. The van der Waals surface area contributed by atoms with Crippen molar-refractivity contribution in [3.05, 3.63) is 42.1 Å². The number of benzene rings is 1. The highest BCUT2D eigenvalue weighted by molar-refractivity contribution is 6.45. The van der Waals surface area contributed by atoms with Crippen molar-refractivity contribution in [3.8, 4) is 22.8 Å². The first-order valence-corrected chi connectivity index (χ1v) is 8.72. The smallest absolute Gasteiger partial charge is 0.457 e. The van der Waals surface area contributed by atoms with Gasteiger partial charge in [-0.05, 0) is 36.8 Å². The predicted octanol–water partition coefficient (Wildman–Crippen LogP) is 3.53. The fraction of sp³-hybridized carbons (Fsp3) is 0.421. The van der Waals surface area contributed by atoms with E-state index in [2.05, 4.69) is 6.92 Å². The Hall–Kier alpha value is -2.05. The summed E-state index contributed by atoms with van der Waals surface area (Å²) >= 11 is 0. The molecular weight excluding hydrogens is 317 g/mol. The average molecular weight is 341 g/mol. The molecule has 3 rings (SSSR count). The molecule has 0 unspecified atom stereocenters. The van der Waals surface area contributed by atoms with Gasteiger partial charge in [-0.2, -0.15) is 0 Å². The predicted molar refractivity (Wildman–Crippen MR) is 98.1 cm³/mol. The van der Waals surface area contributed by atoms with Crippen LogP contribution in [0.2, 0.25) is 5.82 Å². The molecule has 25 heavy (non-hydrogen) atoms. The molecule has 5 nitrogen and oxygen atoms in total. The molecule has 0 radical (unpaired) electrons. The highest BCUT2D eigenvalue weighted by atomic mass is 16.5. The first-order valence-electron chi connectivity index (χ1n) is 8.72. The van der Waals surface area contributed by atoms with Gasteiger partial charge in [0.15, 0.2) is 11.5 Å². The molecule has 2 atom stereocenters. The van der Waals surface area contributed by atoms with E-state index in [1.165, 1.54) is 0 Å². The number of hydrogen-bond acceptors (Lipinski definition) is 5. The molecule has 0 bridgehead atoms. The summed E-state index contributed by atoms with van der Waals surface area (Å²) in [6.45, 7) is 5.19. The fourth-order valence-electron chi connectivity index (χ4n) is 3.04. The van der Waals surface area contributed by atoms with Crippen LogP contribution in [0.15, 0.2) is 36.4 Å². The van der Waals surface area contributed by atoms with Crippen molar-refractivity contribution in [1.82, 2.24) is 4.98 Å². The second-order valence-electron chi connectivity index (χ2n) is 6.35. The Balaban J connectivity index is 1.90. The summed E-state index contributed by atoms with van der Waals surface area (Å²) in [7, 11) is 0.921. The van der Waals surface area contributed by atoms with E-state index in [1.807, 2.05) is 43.3 Å². The summed E-state index contributed by atoms with van der Waals surface area (Å²) in [6, 6.07) is 11.8. The van der Waals surface area contributed by atoms with Crippen LogP contribution in [0.25, 0.3) is 11.3 Å². The lowest BCUT2D eigenvalue weighted by molar-refractivity contribution is 0.291. The third-order valence-corrected chi connectivity index (χ3v) is 4.60. The fourth-order valence-corrected chi connectivity index (χ4v) is 3.04. The summed E-state index contributed by atoms with van der Waals surface area (Å²) in [6.07, 6.45) is 0.934. The van der Waals surface area contributed by atoms with Crippen LogP contribution in [-0.2, 0) is 4.65 Å². The Kier molecular flexibility index (Phi) is 5.61. The number of hydrogen-bond donors (Lipinski definition) is 1. The number of ether oxygens (including phenoxy) is 2. The second kappa shape index (κ2) is 7.89. The van der Waals surface area contributed by atoms with Gasteiger partial charge in [-0.1, -0.05) is 19.9 Å². The summed E-state index contributed by atoms with van der Waals surface area (Å²) in [5.41, 5.74) is 2.78. The average Bonchev–Trinajstić information content (AvgIpc) is 2.98. The van der Waals surface area contributed by atoms with Gasteiger partial charge in [0.25, 0.3) is 0 Å². The van der Waals surface area contributed by atoms with Crippen LogP contribution >= 0.6 is 0 Å². The number of rotatable bonds is 6. The first-order chi connectivity index (χ1) is 12.1. The second-order valence-corrected chi connectivity index (χ2v) is 6.35. The lowest BCUT2D eigenvalue weighted by Crippen LogP contribution is -2.16. The minimum absolute atomic E-state index is 0.0297. The van der Waals surface area contributed by atoms with Gasteiger partial charge in [0.1, 0.15) is 0 Å². The van der Waals surface area contributed by atoms with Gasteiger partial charge in [0, 0.05) is 29.6 Å². The topological polar surface area (TPSA) is 60.8 Å². The molecule has 2 heterocycles. The Morgan fingerprint density at radius 3 is 2.80 bits per heavy atom. The van der Waals surface area contributed by atoms with Crippen molar-refractivity contribution in [1.29, 1.82) is 0 Å². The molecule has 1 aliphatic heterocycles. The van der Waals surface area contributed by atoms with Crippen molar-refractivity contribution >= 4 is 7.12 Å². The van der Waals surface area contributed by atoms with E-state index < -0.39 is 7.12 Å². The minimum Gasteiger partial charge on any atom is -0.493 e. The number of aromatic nitrogens is 1. The monoisotopic (exact) mass is 341 g/mol. The van der Waals surface area contributed by atoms with Crippen molar-refractivity contribution in [2.75, 3.05) is 20.3 Å². The van der Waals surface area contributed by atoms with E-state index in [9.17, 15) is 5.02 Å². The standard InChI is InChI=1S/C19H24BNO4/c1-4-10-24-19-11-14(8-9-18(19)23-3)16-6-5-7-17(21-16)15-12-25-20(22)13(15)2/h5-9,11,13,15,22H,4,10,12H2,1-3H3/t13-,15-/m1/s1. The Morgan fingerprint density at radius 1 is 1.28 bits per heavy atom. The van der Waals surface area contributed by atoms with Crippen LogP contribution in [0, 0.1) is 0 Å². The zero-order valence-electron chi connectivity index (χ0n) is 14.9. The van der Waals surface area contributed by atoms with Gasteiger partial charge in [-0.25, -0.2) is 0 Å². The largest absolute Gasteiger partial charge is 0.493 e. The summed E-state index contributed by atoms with van der Waals surface area (Å²) < 4.78 is 16.5. The normalized spacial score (nSPS) is 19.9. The van der Waals surface area contributed by atoms with Crippen molar-refractivity contribution in [2.45, 2.75) is 32.0 Å². The van der Waals surface area contributed by atoms with E-state index in [0.717, 1.165) is 29.1 Å². The van der Waals surface area contributed by atoms with Gasteiger partial charge in [-0.15, -0.1) is 0 Å².